The van der Waals surface area contributed by atoms with E-state index in [1.165, 1.54) is 37.4 Å². The number of nitrogens with zero attached hydrogens (tertiary/aromatic N) is 1. The van der Waals surface area contributed by atoms with Crippen molar-refractivity contribution in [3.05, 3.63) is 47.5 Å². The van der Waals surface area contributed by atoms with Gasteiger partial charge in [-0.3, -0.25) is 4.79 Å². The first-order valence-electron chi connectivity index (χ1n) is 7.38. The third kappa shape index (κ3) is 3.41. The number of hydrogen-bond donors (Lipinski definition) is 1. The zero-order chi connectivity index (χ0) is 18.0. The molecule has 1 amide bonds. The van der Waals surface area contributed by atoms with E-state index < -0.39 is 10.1 Å². The summed E-state index contributed by atoms with van der Waals surface area (Å²) in [5.41, 5.74) is 1.66. The summed E-state index contributed by atoms with van der Waals surface area (Å²) < 4.78 is 35.3. The number of aryl methyl sites for hydroxylation is 1. The number of benzene rings is 2. The second-order valence-electron chi connectivity index (χ2n) is 5.38. The molecule has 0 fully saturated rings. The molecule has 0 saturated heterocycles. The van der Waals surface area contributed by atoms with Crippen molar-refractivity contribution in [2.75, 3.05) is 12.4 Å². The van der Waals surface area contributed by atoms with Gasteiger partial charge in [0.2, 0.25) is 5.91 Å². The van der Waals surface area contributed by atoms with E-state index in [0.29, 0.717) is 24.1 Å². The highest BCUT2D eigenvalue weighted by atomic mass is 32.2. The van der Waals surface area contributed by atoms with Crippen molar-refractivity contribution < 1.29 is 22.1 Å². The number of rotatable bonds is 4. The van der Waals surface area contributed by atoms with Crippen LogP contribution in [0.5, 0.6) is 11.5 Å². The van der Waals surface area contributed by atoms with Gasteiger partial charge in [0.1, 0.15) is 4.90 Å². The predicted molar refractivity (Wildman–Crippen MR) is 88.9 cm³/mol. The average molecular weight is 358 g/mol. The first kappa shape index (κ1) is 16.8. The molecule has 128 valence electrons. The van der Waals surface area contributed by atoms with Gasteiger partial charge in [-0.25, -0.2) is 0 Å². The van der Waals surface area contributed by atoms with E-state index in [9.17, 15) is 13.2 Å². The highest BCUT2D eigenvalue weighted by molar-refractivity contribution is 7.87. The minimum Gasteiger partial charge on any atom is -0.493 e. The Morgan fingerprint density at radius 3 is 2.64 bits per heavy atom. The lowest BCUT2D eigenvalue weighted by Gasteiger charge is -2.17. The van der Waals surface area contributed by atoms with Crippen LogP contribution in [0.3, 0.4) is 0 Å². The van der Waals surface area contributed by atoms with Gasteiger partial charge < -0.3 is 14.2 Å². The summed E-state index contributed by atoms with van der Waals surface area (Å²) in [6.07, 6.45) is 0.769. The average Bonchev–Trinajstić information content (AvgIpc) is 2.61. The Balaban J connectivity index is 1.93. The second kappa shape index (κ2) is 6.45. The maximum Gasteiger partial charge on any atom is 0.339 e. The van der Waals surface area contributed by atoms with Crippen LogP contribution in [-0.4, -0.2) is 21.4 Å². The number of hydrogen-bond acceptors (Lipinski definition) is 6. The largest absolute Gasteiger partial charge is 0.493 e. The van der Waals surface area contributed by atoms with Gasteiger partial charge in [0.05, 0.1) is 18.7 Å². The van der Waals surface area contributed by atoms with E-state index in [4.69, 9.17) is 14.2 Å². The van der Waals surface area contributed by atoms with E-state index in [1.807, 2.05) is 6.07 Å². The number of amides is 1. The van der Waals surface area contributed by atoms with Crippen molar-refractivity contribution in [2.24, 2.45) is 0 Å². The molecule has 7 nitrogen and oxygen atoms in total. The van der Waals surface area contributed by atoms with Crippen molar-refractivity contribution in [3.8, 4) is 17.6 Å². The van der Waals surface area contributed by atoms with Gasteiger partial charge in [-0.2, -0.15) is 13.7 Å². The molecular weight excluding hydrogens is 344 g/mol. The van der Waals surface area contributed by atoms with Gasteiger partial charge in [0, 0.05) is 18.2 Å². The quantitative estimate of drug-likeness (QED) is 0.840. The molecule has 0 aliphatic carbocycles. The van der Waals surface area contributed by atoms with Crippen LogP contribution in [0.2, 0.25) is 0 Å². The first-order chi connectivity index (χ1) is 11.9. The Kier molecular flexibility index (Phi) is 4.33. The van der Waals surface area contributed by atoms with Gasteiger partial charge in [0.15, 0.2) is 11.5 Å². The number of nitriles is 1. The SMILES string of the molecule is COc1cc(C#N)ccc1OS(=O)(=O)c1ccc2c(c1)CCC(=O)N2. The summed E-state index contributed by atoms with van der Waals surface area (Å²) >= 11 is 0. The Hall–Kier alpha value is -3.05. The molecule has 1 aliphatic heterocycles. The first-order valence-corrected chi connectivity index (χ1v) is 8.79. The molecule has 1 heterocycles. The number of methoxy groups -OCH3 is 1. The van der Waals surface area contributed by atoms with Crippen molar-refractivity contribution in [1.29, 1.82) is 5.26 Å². The lowest BCUT2D eigenvalue weighted by Crippen LogP contribution is -2.19. The van der Waals surface area contributed by atoms with Crippen molar-refractivity contribution in [2.45, 2.75) is 17.7 Å². The van der Waals surface area contributed by atoms with Crippen LogP contribution >= 0.6 is 0 Å². The number of ether oxygens (including phenoxy) is 1. The smallest absolute Gasteiger partial charge is 0.339 e. The molecule has 3 rings (SSSR count). The number of nitrogens with one attached hydrogen (secondary N) is 1. The third-order valence-corrected chi connectivity index (χ3v) is 4.98. The van der Waals surface area contributed by atoms with E-state index in [2.05, 4.69) is 5.32 Å². The van der Waals surface area contributed by atoms with Gasteiger partial charge in [-0.15, -0.1) is 0 Å². The van der Waals surface area contributed by atoms with Crippen LogP contribution in [0.15, 0.2) is 41.3 Å². The molecule has 1 aliphatic rings. The highest BCUT2D eigenvalue weighted by Crippen LogP contribution is 2.32. The minimum atomic E-state index is -4.09. The zero-order valence-electron chi connectivity index (χ0n) is 13.3. The number of carbonyl (C=O) groups is 1. The summed E-state index contributed by atoms with van der Waals surface area (Å²) in [6.45, 7) is 0. The molecule has 0 saturated carbocycles. The zero-order valence-corrected chi connectivity index (χ0v) is 14.1. The fraction of sp³-hybridized carbons (Fsp3) is 0.176. The van der Waals surface area contributed by atoms with Crippen LogP contribution in [0.1, 0.15) is 17.5 Å². The molecule has 0 radical (unpaired) electrons. The summed E-state index contributed by atoms with van der Waals surface area (Å²) in [6, 6.07) is 10.5. The monoisotopic (exact) mass is 358 g/mol. The maximum absolute atomic E-state index is 12.5. The number of anilines is 1. The minimum absolute atomic E-state index is 0.00692. The molecule has 1 N–H and O–H groups in total. The van der Waals surface area contributed by atoms with Crippen LogP contribution in [0.4, 0.5) is 5.69 Å². The summed E-state index contributed by atoms with van der Waals surface area (Å²) in [4.78, 5) is 11.4. The van der Waals surface area contributed by atoms with Gasteiger partial charge in [-0.1, -0.05) is 0 Å². The lowest BCUT2D eigenvalue weighted by atomic mass is 10.0. The normalized spacial score (nSPS) is 13.4. The number of carbonyl (C=O) groups excluding carboxylic acids is 1. The van der Waals surface area contributed by atoms with E-state index >= 15 is 0 Å². The molecule has 0 atom stereocenters. The maximum atomic E-state index is 12.5. The molecule has 8 heteroatoms. The van der Waals surface area contributed by atoms with Crippen molar-refractivity contribution >= 4 is 21.7 Å². The van der Waals surface area contributed by atoms with Gasteiger partial charge >= 0.3 is 10.1 Å². The third-order valence-electron chi connectivity index (χ3n) is 3.75. The van der Waals surface area contributed by atoms with Crippen LogP contribution in [0, 0.1) is 11.3 Å². The van der Waals surface area contributed by atoms with E-state index in [-0.39, 0.29) is 22.3 Å². The molecule has 2 aromatic carbocycles. The fourth-order valence-corrected chi connectivity index (χ4v) is 3.48. The second-order valence-corrected chi connectivity index (χ2v) is 6.93. The standard InChI is InChI=1S/C17H14N2O5S/c1-23-16-8-11(10-18)2-6-15(16)24-25(21,22)13-4-5-14-12(9-13)3-7-17(20)19-14/h2,4-6,8-9H,3,7H2,1H3,(H,19,20). The predicted octanol–water partition coefficient (Wildman–Crippen LogP) is 2.22. The van der Waals surface area contributed by atoms with E-state index in [0.717, 1.165) is 5.56 Å². The Bertz CT molecular complexity index is 993. The molecule has 0 unspecified atom stereocenters. The Labute approximate surface area is 144 Å². The Morgan fingerprint density at radius 2 is 1.92 bits per heavy atom. The summed E-state index contributed by atoms with van der Waals surface area (Å²) in [5, 5.41) is 11.6. The van der Waals surface area contributed by atoms with Crippen LogP contribution in [0.25, 0.3) is 0 Å². The summed E-state index contributed by atoms with van der Waals surface area (Å²) in [5.74, 6) is 0.0436. The van der Waals surface area contributed by atoms with Crippen LogP contribution < -0.4 is 14.2 Å². The fourth-order valence-electron chi connectivity index (χ4n) is 2.49. The van der Waals surface area contributed by atoms with E-state index in [1.54, 1.807) is 6.07 Å². The molecule has 0 spiro atoms. The molecular formula is C17H14N2O5S. The molecule has 2 aromatic rings. The van der Waals surface area contributed by atoms with Gasteiger partial charge in [-0.05, 0) is 42.3 Å². The molecule has 0 bridgehead atoms. The van der Waals surface area contributed by atoms with Gasteiger partial charge in [0.25, 0.3) is 0 Å². The highest BCUT2D eigenvalue weighted by Gasteiger charge is 2.23. The lowest BCUT2D eigenvalue weighted by molar-refractivity contribution is -0.116. The molecule has 25 heavy (non-hydrogen) atoms. The molecule has 0 aromatic heterocycles. The van der Waals surface area contributed by atoms with Crippen LogP contribution in [-0.2, 0) is 21.3 Å². The van der Waals surface area contributed by atoms with Crippen molar-refractivity contribution in [1.82, 2.24) is 0 Å². The Morgan fingerprint density at radius 1 is 1.12 bits per heavy atom. The summed E-state index contributed by atoms with van der Waals surface area (Å²) in [7, 11) is -2.73. The topological polar surface area (TPSA) is 105 Å². The van der Waals surface area contributed by atoms with Crippen molar-refractivity contribution in [3.63, 3.8) is 0 Å². The number of fused-ring (bicyclic) bond motifs is 1.